The lowest BCUT2D eigenvalue weighted by Gasteiger charge is -2.26. The van der Waals surface area contributed by atoms with Gasteiger partial charge in [-0.1, -0.05) is 19.8 Å². The second-order valence-corrected chi connectivity index (χ2v) is 5.55. The Morgan fingerprint density at radius 2 is 2.00 bits per heavy atom. The molecule has 1 aliphatic rings. The molecular weight excluding hydrogens is 252 g/mol. The minimum absolute atomic E-state index is 0.0753. The van der Waals surface area contributed by atoms with E-state index in [1.165, 1.54) is 25.7 Å². The molecule has 0 saturated heterocycles. The second kappa shape index (κ2) is 7.29. The maximum atomic E-state index is 7.32. The molecular formula is C16H24N2O2. The fraction of sp³-hybridized carbons (Fsp3) is 0.562. The third kappa shape index (κ3) is 4.53. The van der Waals surface area contributed by atoms with Gasteiger partial charge in [0.2, 0.25) is 0 Å². The van der Waals surface area contributed by atoms with Crippen molar-refractivity contribution in [1.82, 2.24) is 0 Å². The molecule has 0 aliphatic heterocycles. The number of ether oxygens (including phenoxy) is 2. The zero-order valence-corrected chi connectivity index (χ0v) is 12.1. The Balaban J connectivity index is 1.66. The molecule has 0 aromatic heterocycles. The molecule has 0 bridgehead atoms. The molecule has 1 aliphatic carbocycles. The Morgan fingerprint density at radius 1 is 1.25 bits per heavy atom. The minimum Gasteiger partial charge on any atom is -0.491 e. The average Bonchev–Trinajstić information content (AvgIpc) is 2.44. The fourth-order valence-corrected chi connectivity index (χ4v) is 2.63. The maximum Gasteiger partial charge on any atom is 0.122 e. The smallest absolute Gasteiger partial charge is 0.122 e. The summed E-state index contributed by atoms with van der Waals surface area (Å²) in [4.78, 5) is 0. The molecule has 3 N–H and O–H groups in total. The molecule has 20 heavy (non-hydrogen) atoms. The van der Waals surface area contributed by atoms with Gasteiger partial charge in [0.05, 0.1) is 12.7 Å². The van der Waals surface area contributed by atoms with Gasteiger partial charge >= 0.3 is 0 Å². The van der Waals surface area contributed by atoms with Gasteiger partial charge in [-0.05, 0) is 43.0 Å². The van der Waals surface area contributed by atoms with Gasteiger partial charge in [-0.3, -0.25) is 5.41 Å². The quantitative estimate of drug-likeness (QED) is 0.477. The van der Waals surface area contributed by atoms with Crippen molar-refractivity contribution in [3.8, 4) is 5.75 Å². The summed E-state index contributed by atoms with van der Waals surface area (Å²) in [7, 11) is 0. The van der Waals surface area contributed by atoms with Crippen LogP contribution in [0.15, 0.2) is 24.3 Å². The van der Waals surface area contributed by atoms with E-state index >= 15 is 0 Å². The van der Waals surface area contributed by atoms with Crippen LogP contribution in [0.25, 0.3) is 0 Å². The highest BCUT2D eigenvalue weighted by Gasteiger charge is 2.18. The van der Waals surface area contributed by atoms with Crippen molar-refractivity contribution in [3.63, 3.8) is 0 Å². The zero-order valence-electron chi connectivity index (χ0n) is 12.1. The molecule has 2 unspecified atom stereocenters. The van der Waals surface area contributed by atoms with Crippen LogP contribution in [0.4, 0.5) is 0 Å². The number of hydrogen-bond donors (Lipinski definition) is 2. The number of hydrogen-bond acceptors (Lipinski definition) is 3. The summed E-state index contributed by atoms with van der Waals surface area (Å²) in [6.07, 6.45) is 5.37. The molecule has 0 radical (unpaired) electrons. The number of amidine groups is 1. The van der Waals surface area contributed by atoms with Crippen LogP contribution in [0.2, 0.25) is 0 Å². The van der Waals surface area contributed by atoms with E-state index in [2.05, 4.69) is 6.92 Å². The first kappa shape index (κ1) is 14.9. The third-order valence-electron chi connectivity index (χ3n) is 3.76. The van der Waals surface area contributed by atoms with Crippen molar-refractivity contribution >= 4 is 5.84 Å². The van der Waals surface area contributed by atoms with Gasteiger partial charge < -0.3 is 15.2 Å². The summed E-state index contributed by atoms with van der Waals surface area (Å²) in [5.41, 5.74) is 6.11. The first-order chi connectivity index (χ1) is 9.65. The van der Waals surface area contributed by atoms with Crippen LogP contribution in [0, 0.1) is 11.3 Å². The SMILES string of the molecule is CC1CCCC(OCCOc2ccc(C(=N)N)cc2)C1. The average molecular weight is 276 g/mol. The van der Waals surface area contributed by atoms with Crippen molar-refractivity contribution in [2.75, 3.05) is 13.2 Å². The molecule has 4 nitrogen and oxygen atoms in total. The van der Waals surface area contributed by atoms with E-state index in [0.29, 0.717) is 24.9 Å². The van der Waals surface area contributed by atoms with Crippen LogP contribution in [0.1, 0.15) is 38.2 Å². The van der Waals surface area contributed by atoms with Gasteiger partial charge in [0.25, 0.3) is 0 Å². The van der Waals surface area contributed by atoms with Crippen molar-refractivity contribution in [2.45, 2.75) is 38.7 Å². The van der Waals surface area contributed by atoms with Gasteiger partial charge in [-0.25, -0.2) is 0 Å². The van der Waals surface area contributed by atoms with Crippen LogP contribution in [-0.2, 0) is 4.74 Å². The number of rotatable bonds is 6. The van der Waals surface area contributed by atoms with E-state index in [1.54, 1.807) is 12.1 Å². The first-order valence-electron chi connectivity index (χ1n) is 7.34. The van der Waals surface area contributed by atoms with Crippen LogP contribution in [0.3, 0.4) is 0 Å². The minimum atomic E-state index is 0.0753. The monoisotopic (exact) mass is 276 g/mol. The highest BCUT2D eigenvalue weighted by Crippen LogP contribution is 2.25. The topological polar surface area (TPSA) is 68.3 Å². The van der Waals surface area contributed by atoms with E-state index in [4.69, 9.17) is 20.6 Å². The van der Waals surface area contributed by atoms with E-state index in [-0.39, 0.29) is 5.84 Å². The zero-order chi connectivity index (χ0) is 14.4. The Labute approximate surface area is 120 Å². The van der Waals surface area contributed by atoms with Crippen LogP contribution < -0.4 is 10.5 Å². The largest absolute Gasteiger partial charge is 0.491 e. The van der Waals surface area contributed by atoms with Crippen molar-refractivity contribution in [2.24, 2.45) is 11.7 Å². The number of nitrogen functional groups attached to an aromatic ring is 1. The molecule has 2 atom stereocenters. The van der Waals surface area contributed by atoms with Gasteiger partial charge in [0.1, 0.15) is 18.2 Å². The van der Waals surface area contributed by atoms with E-state index in [0.717, 1.165) is 11.7 Å². The summed E-state index contributed by atoms with van der Waals surface area (Å²) in [6.45, 7) is 3.48. The van der Waals surface area contributed by atoms with E-state index in [1.807, 2.05) is 12.1 Å². The number of nitrogens with two attached hydrogens (primary N) is 1. The summed E-state index contributed by atoms with van der Waals surface area (Å²) in [5.74, 6) is 1.65. The van der Waals surface area contributed by atoms with Gasteiger partial charge in [0, 0.05) is 5.56 Å². The Kier molecular flexibility index (Phi) is 5.41. The predicted molar refractivity (Wildman–Crippen MR) is 80.3 cm³/mol. The van der Waals surface area contributed by atoms with Crippen LogP contribution in [0.5, 0.6) is 5.75 Å². The number of nitrogens with one attached hydrogen (secondary N) is 1. The lowest BCUT2D eigenvalue weighted by atomic mass is 9.89. The highest BCUT2D eigenvalue weighted by molar-refractivity contribution is 5.94. The molecule has 1 aromatic carbocycles. The van der Waals surface area contributed by atoms with Gasteiger partial charge in [0.15, 0.2) is 0 Å². The van der Waals surface area contributed by atoms with Crippen LogP contribution in [-0.4, -0.2) is 25.2 Å². The normalized spacial score (nSPS) is 22.4. The molecule has 110 valence electrons. The molecule has 1 fully saturated rings. The summed E-state index contributed by atoms with van der Waals surface area (Å²) >= 11 is 0. The van der Waals surface area contributed by atoms with Gasteiger partial charge in [-0.2, -0.15) is 0 Å². The van der Waals surface area contributed by atoms with Crippen LogP contribution >= 0.6 is 0 Å². The Hall–Kier alpha value is -1.55. The van der Waals surface area contributed by atoms with Crippen molar-refractivity contribution in [3.05, 3.63) is 29.8 Å². The standard InChI is InChI=1S/C16H24N2O2/c1-12-3-2-4-15(11-12)20-10-9-19-14-7-5-13(6-8-14)16(17)18/h5-8,12,15H,2-4,9-11H2,1H3,(H3,17,18). The number of benzene rings is 1. The maximum absolute atomic E-state index is 7.32. The molecule has 0 spiro atoms. The summed E-state index contributed by atoms with van der Waals surface area (Å²) < 4.78 is 11.5. The lowest BCUT2D eigenvalue weighted by molar-refractivity contribution is 0.00196. The van der Waals surface area contributed by atoms with Crippen molar-refractivity contribution in [1.29, 1.82) is 5.41 Å². The second-order valence-electron chi connectivity index (χ2n) is 5.55. The molecule has 0 heterocycles. The van der Waals surface area contributed by atoms with Crippen molar-refractivity contribution < 1.29 is 9.47 Å². The highest BCUT2D eigenvalue weighted by atomic mass is 16.5. The third-order valence-corrected chi connectivity index (χ3v) is 3.76. The first-order valence-corrected chi connectivity index (χ1v) is 7.34. The summed E-state index contributed by atoms with van der Waals surface area (Å²) in [5, 5.41) is 7.32. The summed E-state index contributed by atoms with van der Waals surface area (Å²) in [6, 6.07) is 7.25. The fourth-order valence-electron chi connectivity index (χ4n) is 2.63. The molecule has 1 aromatic rings. The van der Waals surface area contributed by atoms with E-state index < -0.39 is 0 Å². The Morgan fingerprint density at radius 3 is 2.65 bits per heavy atom. The van der Waals surface area contributed by atoms with Gasteiger partial charge in [-0.15, -0.1) is 0 Å². The molecule has 1 saturated carbocycles. The van der Waals surface area contributed by atoms with E-state index in [9.17, 15) is 0 Å². The predicted octanol–water partition coefficient (Wildman–Crippen LogP) is 2.94. The molecule has 0 amide bonds. The molecule has 4 heteroatoms. The Bertz CT molecular complexity index is 431. The lowest BCUT2D eigenvalue weighted by Crippen LogP contribution is -2.23. The molecule has 2 rings (SSSR count).